The number of esters is 1. The van der Waals surface area contributed by atoms with E-state index in [2.05, 4.69) is 26.5 Å². The zero-order chi connectivity index (χ0) is 18.7. The maximum Gasteiger partial charge on any atom is 0.374 e. The zero-order valence-electron chi connectivity index (χ0n) is 14.6. The van der Waals surface area contributed by atoms with Gasteiger partial charge in [0, 0.05) is 22.0 Å². The summed E-state index contributed by atoms with van der Waals surface area (Å²) >= 11 is 3.36. The average molecular weight is 419 g/mol. The van der Waals surface area contributed by atoms with Gasteiger partial charge in [0.2, 0.25) is 5.76 Å². The van der Waals surface area contributed by atoms with Crippen LogP contribution in [0.2, 0.25) is 0 Å². The number of nitrogens with zero attached hydrogens (tertiary/aromatic N) is 1. The second-order valence-electron chi connectivity index (χ2n) is 5.91. The van der Waals surface area contributed by atoms with E-state index in [4.69, 9.17) is 9.15 Å². The van der Waals surface area contributed by atoms with Crippen LogP contribution in [0.25, 0.3) is 0 Å². The summed E-state index contributed by atoms with van der Waals surface area (Å²) in [5.41, 5.74) is 5.32. The zero-order valence-corrected chi connectivity index (χ0v) is 16.2. The fourth-order valence-corrected chi connectivity index (χ4v) is 3.46. The monoisotopic (exact) mass is 418 g/mol. The predicted molar refractivity (Wildman–Crippen MR) is 100 cm³/mol. The first-order chi connectivity index (χ1) is 12.5. The summed E-state index contributed by atoms with van der Waals surface area (Å²) in [7, 11) is 0. The van der Waals surface area contributed by atoms with E-state index in [0.717, 1.165) is 18.4 Å². The number of ether oxygens (including phenoxy) is 1. The number of hydrogen-bond donors (Lipinski definition) is 1. The number of hydrazone groups is 1. The number of fused-ring (bicyclic) bond motifs is 1. The number of carbonyl (C=O) groups is 2. The van der Waals surface area contributed by atoms with Crippen LogP contribution in [0.15, 0.2) is 38.3 Å². The summed E-state index contributed by atoms with van der Waals surface area (Å²) in [4.78, 5) is 24.4. The molecular formula is C19H19BrN2O4. The molecule has 1 aliphatic rings. The SMILES string of the molecule is CCOC(=O)c1oc2c(c1C)/C(=N/NC(=O)c1ccccc1Br)CCC2. The van der Waals surface area contributed by atoms with Crippen molar-refractivity contribution in [2.45, 2.75) is 33.1 Å². The molecular weight excluding hydrogens is 400 g/mol. The molecule has 0 saturated heterocycles. The minimum Gasteiger partial charge on any atom is -0.460 e. The lowest BCUT2D eigenvalue weighted by atomic mass is 9.93. The Kier molecular flexibility index (Phi) is 5.56. The smallest absolute Gasteiger partial charge is 0.374 e. The van der Waals surface area contributed by atoms with E-state index in [1.807, 2.05) is 13.0 Å². The highest BCUT2D eigenvalue weighted by molar-refractivity contribution is 9.10. The molecule has 6 nitrogen and oxygen atoms in total. The van der Waals surface area contributed by atoms with Crippen molar-refractivity contribution in [1.82, 2.24) is 5.43 Å². The van der Waals surface area contributed by atoms with Gasteiger partial charge in [-0.25, -0.2) is 10.2 Å². The molecule has 3 rings (SSSR count). The Labute approximate surface area is 159 Å². The van der Waals surface area contributed by atoms with Crippen LogP contribution in [0.5, 0.6) is 0 Å². The molecule has 0 unspecified atom stereocenters. The molecule has 0 spiro atoms. The lowest BCUT2D eigenvalue weighted by molar-refractivity contribution is 0.0486. The first kappa shape index (κ1) is 18.4. The van der Waals surface area contributed by atoms with Gasteiger partial charge in [0.25, 0.3) is 5.91 Å². The third kappa shape index (κ3) is 3.58. The van der Waals surface area contributed by atoms with Crippen LogP contribution < -0.4 is 5.43 Å². The third-order valence-corrected chi connectivity index (χ3v) is 4.89. The van der Waals surface area contributed by atoms with Gasteiger partial charge in [-0.3, -0.25) is 4.79 Å². The largest absolute Gasteiger partial charge is 0.460 e. The summed E-state index contributed by atoms with van der Waals surface area (Å²) in [5, 5.41) is 4.31. The van der Waals surface area contributed by atoms with Crippen molar-refractivity contribution in [1.29, 1.82) is 0 Å². The molecule has 0 fully saturated rings. The summed E-state index contributed by atoms with van der Waals surface area (Å²) in [6.45, 7) is 3.85. The second kappa shape index (κ2) is 7.86. The molecule has 1 amide bonds. The van der Waals surface area contributed by atoms with E-state index in [1.54, 1.807) is 25.1 Å². The third-order valence-electron chi connectivity index (χ3n) is 4.20. The normalized spacial score (nSPS) is 14.8. The molecule has 1 aliphatic carbocycles. The fourth-order valence-electron chi connectivity index (χ4n) is 3.00. The highest BCUT2D eigenvalue weighted by atomic mass is 79.9. The maximum atomic E-state index is 12.4. The molecule has 7 heteroatoms. The first-order valence-electron chi connectivity index (χ1n) is 8.44. The number of benzene rings is 1. The number of nitrogens with one attached hydrogen (secondary N) is 1. The first-order valence-corrected chi connectivity index (χ1v) is 9.23. The topological polar surface area (TPSA) is 80.9 Å². The summed E-state index contributed by atoms with van der Waals surface area (Å²) in [6.07, 6.45) is 2.27. The molecule has 0 radical (unpaired) electrons. The van der Waals surface area contributed by atoms with E-state index in [9.17, 15) is 9.59 Å². The molecule has 26 heavy (non-hydrogen) atoms. The van der Waals surface area contributed by atoms with E-state index in [0.29, 0.717) is 33.5 Å². The Balaban J connectivity index is 1.87. The van der Waals surface area contributed by atoms with E-state index in [1.165, 1.54) is 0 Å². The van der Waals surface area contributed by atoms with E-state index >= 15 is 0 Å². The standard InChI is InChI=1S/C19H19BrN2O4/c1-3-25-19(24)17-11(2)16-14(9-6-10-15(16)26-17)21-22-18(23)12-7-4-5-8-13(12)20/h4-5,7-8H,3,6,9-10H2,1-2H3,(H,22,23)/b21-14+. The van der Waals surface area contributed by atoms with Gasteiger partial charge in [0.1, 0.15) is 5.76 Å². The van der Waals surface area contributed by atoms with Crippen molar-refractivity contribution in [3.63, 3.8) is 0 Å². The molecule has 1 aromatic carbocycles. The second-order valence-corrected chi connectivity index (χ2v) is 6.76. The molecule has 1 aromatic heterocycles. The lowest BCUT2D eigenvalue weighted by Crippen LogP contribution is -2.22. The number of amides is 1. The van der Waals surface area contributed by atoms with Crippen molar-refractivity contribution < 1.29 is 18.7 Å². The average Bonchev–Trinajstić information content (AvgIpc) is 2.98. The Hall–Kier alpha value is -2.41. The van der Waals surface area contributed by atoms with Gasteiger partial charge in [-0.15, -0.1) is 0 Å². The number of hydrogen-bond acceptors (Lipinski definition) is 5. The minimum atomic E-state index is -0.476. The summed E-state index contributed by atoms with van der Waals surface area (Å²) in [6, 6.07) is 7.14. The molecule has 2 aromatic rings. The minimum absolute atomic E-state index is 0.212. The molecule has 0 atom stereocenters. The van der Waals surface area contributed by atoms with E-state index < -0.39 is 5.97 Å². The summed E-state index contributed by atoms with van der Waals surface area (Å²) in [5.74, 6) is 0.147. The van der Waals surface area contributed by atoms with Crippen LogP contribution in [0.1, 0.15) is 57.6 Å². The van der Waals surface area contributed by atoms with Gasteiger partial charge in [-0.05, 0) is 54.8 Å². The van der Waals surface area contributed by atoms with Crippen LogP contribution in [-0.2, 0) is 11.2 Å². The van der Waals surface area contributed by atoms with Gasteiger partial charge >= 0.3 is 5.97 Å². The van der Waals surface area contributed by atoms with Gasteiger partial charge in [-0.2, -0.15) is 5.10 Å². The Morgan fingerprint density at radius 2 is 2.08 bits per heavy atom. The molecule has 0 bridgehead atoms. The van der Waals surface area contributed by atoms with Crippen LogP contribution in [-0.4, -0.2) is 24.2 Å². The van der Waals surface area contributed by atoms with Crippen molar-refractivity contribution in [2.75, 3.05) is 6.61 Å². The number of halogens is 1. The molecule has 136 valence electrons. The fraction of sp³-hybridized carbons (Fsp3) is 0.316. The van der Waals surface area contributed by atoms with Gasteiger partial charge in [-0.1, -0.05) is 12.1 Å². The maximum absolute atomic E-state index is 12.4. The number of rotatable bonds is 4. The molecule has 1 heterocycles. The van der Waals surface area contributed by atoms with Crippen LogP contribution in [0.3, 0.4) is 0 Å². The van der Waals surface area contributed by atoms with Crippen LogP contribution in [0.4, 0.5) is 0 Å². The lowest BCUT2D eigenvalue weighted by Gasteiger charge is -2.13. The molecule has 0 saturated carbocycles. The quantitative estimate of drug-likeness (QED) is 0.600. The predicted octanol–water partition coefficient (Wildman–Crippen LogP) is 4.00. The van der Waals surface area contributed by atoms with E-state index in [-0.39, 0.29) is 18.3 Å². The molecule has 0 aliphatic heterocycles. The Morgan fingerprint density at radius 1 is 1.31 bits per heavy atom. The molecule has 1 N–H and O–H groups in total. The highest BCUT2D eigenvalue weighted by Crippen LogP contribution is 2.30. The number of carbonyl (C=O) groups excluding carboxylic acids is 2. The van der Waals surface area contributed by atoms with Gasteiger partial charge < -0.3 is 9.15 Å². The van der Waals surface area contributed by atoms with Crippen LogP contribution >= 0.6 is 15.9 Å². The highest BCUT2D eigenvalue weighted by Gasteiger charge is 2.28. The van der Waals surface area contributed by atoms with Crippen LogP contribution in [0, 0.1) is 6.92 Å². The Morgan fingerprint density at radius 3 is 2.81 bits per heavy atom. The summed E-state index contributed by atoms with van der Waals surface area (Å²) < 4.78 is 11.5. The number of aryl methyl sites for hydroxylation is 1. The van der Waals surface area contributed by atoms with Gasteiger partial charge in [0.05, 0.1) is 17.9 Å². The van der Waals surface area contributed by atoms with Crippen molar-refractivity contribution >= 4 is 33.5 Å². The van der Waals surface area contributed by atoms with Crippen molar-refractivity contribution in [2.24, 2.45) is 5.10 Å². The van der Waals surface area contributed by atoms with Crippen molar-refractivity contribution in [3.05, 3.63) is 56.9 Å². The number of furan rings is 1. The van der Waals surface area contributed by atoms with Crippen molar-refractivity contribution in [3.8, 4) is 0 Å². The van der Waals surface area contributed by atoms with Gasteiger partial charge in [0.15, 0.2) is 0 Å². The Bertz CT molecular complexity index is 886.